The summed E-state index contributed by atoms with van der Waals surface area (Å²) < 4.78 is 0. The summed E-state index contributed by atoms with van der Waals surface area (Å²) in [6, 6.07) is 0.815. The van der Waals surface area contributed by atoms with E-state index in [0.29, 0.717) is 0 Å². The summed E-state index contributed by atoms with van der Waals surface area (Å²) in [6.45, 7) is 5.31. The molecule has 0 amide bonds. The van der Waals surface area contributed by atoms with Gasteiger partial charge in [-0.1, -0.05) is 12.2 Å². The largest absolute Gasteiger partial charge is 0.313 e. The molecule has 1 nitrogen and oxygen atoms in total. The highest BCUT2D eigenvalue weighted by Gasteiger charge is 2.26. The van der Waals surface area contributed by atoms with Gasteiger partial charge in [0.05, 0.1) is 0 Å². The van der Waals surface area contributed by atoms with E-state index in [1.165, 1.54) is 37.8 Å². The average Bonchev–Trinajstić information content (AvgIpc) is 2.24. The zero-order chi connectivity index (χ0) is 6.97. The number of hydrogen-bond donors (Lipinski definition) is 1. The molecule has 2 atom stereocenters. The predicted molar refractivity (Wildman–Crippen MR) is 42.9 cm³/mol. The second-order valence-corrected chi connectivity index (χ2v) is 3.58. The van der Waals surface area contributed by atoms with Crippen molar-refractivity contribution in [3.8, 4) is 0 Å². The van der Waals surface area contributed by atoms with Gasteiger partial charge in [-0.2, -0.15) is 0 Å². The first-order chi connectivity index (χ1) is 4.86. The molecule has 2 heterocycles. The van der Waals surface area contributed by atoms with Crippen molar-refractivity contribution < 1.29 is 0 Å². The minimum atomic E-state index is 0.804. The molecule has 3 fully saturated rings. The maximum absolute atomic E-state index is 4.11. The normalized spacial score (nSPS) is 39.8. The Bertz CT molecular complexity index is 143. The first-order valence-corrected chi connectivity index (χ1v) is 4.27. The van der Waals surface area contributed by atoms with Crippen LogP contribution in [0.2, 0.25) is 0 Å². The molecule has 3 rings (SSSR count). The molecule has 0 aromatic heterocycles. The summed E-state index contributed by atoms with van der Waals surface area (Å²) in [4.78, 5) is 0. The zero-order valence-corrected chi connectivity index (χ0v) is 6.40. The lowest BCUT2D eigenvalue weighted by Gasteiger charge is -2.24. The summed E-state index contributed by atoms with van der Waals surface area (Å²) in [7, 11) is 0. The Labute approximate surface area is 62.5 Å². The number of nitrogens with one attached hydrogen (secondary N) is 1. The molecule has 3 aliphatic rings. The van der Waals surface area contributed by atoms with Crippen LogP contribution in [0.25, 0.3) is 0 Å². The highest BCUT2D eigenvalue weighted by molar-refractivity contribution is 5.07. The summed E-state index contributed by atoms with van der Waals surface area (Å²) in [5.41, 5.74) is 1.49. The van der Waals surface area contributed by atoms with Crippen LogP contribution in [-0.4, -0.2) is 12.6 Å². The fourth-order valence-electron chi connectivity index (χ4n) is 2.07. The van der Waals surface area contributed by atoms with E-state index in [-0.39, 0.29) is 0 Å². The molecule has 0 spiro atoms. The van der Waals surface area contributed by atoms with Gasteiger partial charge in [-0.05, 0) is 31.6 Å². The van der Waals surface area contributed by atoms with E-state index in [1.54, 1.807) is 0 Å². The molecule has 0 aromatic rings. The molecule has 56 valence electrons. The van der Waals surface area contributed by atoms with Crippen LogP contribution < -0.4 is 5.32 Å². The zero-order valence-electron chi connectivity index (χ0n) is 6.40. The second-order valence-electron chi connectivity index (χ2n) is 3.58. The fourth-order valence-corrected chi connectivity index (χ4v) is 2.07. The van der Waals surface area contributed by atoms with Gasteiger partial charge in [0.1, 0.15) is 0 Å². The Morgan fingerprint density at radius 1 is 1.30 bits per heavy atom. The van der Waals surface area contributed by atoms with Crippen LogP contribution >= 0.6 is 0 Å². The van der Waals surface area contributed by atoms with E-state index in [9.17, 15) is 0 Å². The smallest absolute Gasteiger partial charge is 0.00705 e. The van der Waals surface area contributed by atoms with Crippen molar-refractivity contribution in [2.45, 2.75) is 31.7 Å². The molecule has 2 aliphatic heterocycles. The molecular formula is C9H15N. The predicted octanol–water partition coefficient (Wildman–Crippen LogP) is 1.70. The van der Waals surface area contributed by atoms with Gasteiger partial charge in [0.2, 0.25) is 0 Å². The van der Waals surface area contributed by atoms with Crippen molar-refractivity contribution in [2.75, 3.05) is 6.54 Å². The maximum Gasteiger partial charge on any atom is 0.00705 e. The molecule has 1 N–H and O–H groups in total. The summed E-state index contributed by atoms with van der Waals surface area (Å²) >= 11 is 0. The van der Waals surface area contributed by atoms with Gasteiger partial charge in [-0.15, -0.1) is 0 Å². The molecule has 1 heteroatoms. The molecule has 1 aliphatic carbocycles. The third kappa shape index (κ3) is 0.988. The first-order valence-electron chi connectivity index (χ1n) is 4.27. The number of piperidine rings is 1. The SMILES string of the molecule is C=C1CCC2CCC1CN2. The lowest BCUT2D eigenvalue weighted by Crippen LogP contribution is -2.36. The van der Waals surface area contributed by atoms with Gasteiger partial charge >= 0.3 is 0 Å². The van der Waals surface area contributed by atoms with Crippen LogP contribution in [0.5, 0.6) is 0 Å². The average molecular weight is 137 g/mol. The van der Waals surface area contributed by atoms with E-state index in [4.69, 9.17) is 0 Å². The van der Waals surface area contributed by atoms with Crippen molar-refractivity contribution in [1.29, 1.82) is 0 Å². The Balaban J connectivity index is 2.14. The lowest BCUT2D eigenvalue weighted by atomic mass is 9.94. The standard InChI is InChI=1S/C9H15N/c1-7-2-4-9-5-3-8(7)6-10-9/h8-10H,1-6H2. The quantitative estimate of drug-likeness (QED) is 0.501. The van der Waals surface area contributed by atoms with Crippen LogP contribution in [0.15, 0.2) is 12.2 Å². The van der Waals surface area contributed by atoms with E-state index < -0.39 is 0 Å². The Kier molecular flexibility index (Phi) is 1.53. The van der Waals surface area contributed by atoms with Gasteiger partial charge in [-0.3, -0.25) is 0 Å². The highest BCUT2D eigenvalue weighted by atomic mass is 14.9. The number of fused-ring (bicyclic) bond motifs is 4. The van der Waals surface area contributed by atoms with Crippen LogP contribution in [-0.2, 0) is 0 Å². The second kappa shape index (κ2) is 2.39. The highest BCUT2D eigenvalue weighted by Crippen LogP contribution is 2.30. The minimum absolute atomic E-state index is 0.804. The molecule has 2 saturated heterocycles. The Morgan fingerprint density at radius 2 is 2.20 bits per heavy atom. The van der Waals surface area contributed by atoms with Gasteiger partial charge in [0, 0.05) is 12.6 Å². The Morgan fingerprint density at radius 3 is 2.90 bits per heavy atom. The molecule has 0 aromatic carbocycles. The van der Waals surface area contributed by atoms with Gasteiger partial charge in [-0.25, -0.2) is 0 Å². The van der Waals surface area contributed by atoms with E-state index in [2.05, 4.69) is 11.9 Å². The van der Waals surface area contributed by atoms with E-state index >= 15 is 0 Å². The monoisotopic (exact) mass is 137 g/mol. The third-order valence-electron chi connectivity index (χ3n) is 2.91. The molecule has 2 unspecified atom stereocenters. The first kappa shape index (κ1) is 6.41. The molecule has 10 heavy (non-hydrogen) atoms. The maximum atomic E-state index is 4.11. The van der Waals surface area contributed by atoms with Crippen molar-refractivity contribution in [3.63, 3.8) is 0 Å². The summed E-state index contributed by atoms with van der Waals surface area (Å²) in [5.74, 6) is 0.804. The van der Waals surface area contributed by atoms with Gasteiger partial charge in [0.25, 0.3) is 0 Å². The Hall–Kier alpha value is -0.300. The van der Waals surface area contributed by atoms with Crippen LogP contribution in [0.4, 0.5) is 0 Å². The summed E-state index contributed by atoms with van der Waals surface area (Å²) in [5, 5.41) is 3.55. The van der Waals surface area contributed by atoms with Crippen molar-refractivity contribution >= 4 is 0 Å². The van der Waals surface area contributed by atoms with Crippen molar-refractivity contribution in [2.24, 2.45) is 5.92 Å². The van der Waals surface area contributed by atoms with E-state index in [0.717, 1.165) is 12.0 Å². The number of rotatable bonds is 0. The van der Waals surface area contributed by atoms with Crippen molar-refractivity contribution in [3.05, 3.63) is 12.2 Å². The third-order valence-corrected chi connectivity index (χ3v) is 2.91. The topological polar surface area (TPSA) is 12.0 Å². The fraction of sp³-hybridized carbons (Fsp3) is 0.778. The molecule has 0 radical (unpaired) electrons. The molecule has 2 bridgehead atoms. The van der Waals surface area contributed by atoms with Crippen LogP contribution in [0.3, 0.4) is 0 Å². The molecular weight excluding hydrogens is 122 g/mol. The van der Waals surface area contributed by atoms with Crippen LogP contribution in [0.1, 0.15) is 25.7 Å². The van der Waals surface area contributed by atoms with Crippen molar-refractivity contribution in [1.82, 2.24) is 5.32 Å². The minimum Gasteiger partial charge on any atom is -0.313 e. The molecule has 1 saturated carbocycles. The summed E-state index contributed by atoms with van der Waals surface area (Å²) in [6.07, 6.45) is 5.36. The lowest BCUT2D eigenvalue weighted by molar-refractivity contribution is 0.364. The van der Waals surface area contributed by atoms with Crippen LogP contribution in [0, 0.1) is 5.92 Å². The van der Waals surface area contributed by atoms with E-state index in [1.807, 2.05) is 0 Å². The van der Waals surface area contributed by atoms with Gasteiger partial charge in [0.15, 0.2) is 0 Å². The number of hydrogen-bond acceptors (Lipinski definition) is 1. The van der Waals surface area contributed by atoms with Gasteiger partial charge < -0.3 is 5.32 Å².